The van der Waals surface area contributed by atoms with Gasteiger partial charge in [-0.3, -0.25) is 4.90 Å². The standard InChI is InChI=1S/C26H33N5O2/c1-18(2)30-14-12-20(13-15-30)27-25(32)28-21-8-11-24-19(16-21)17-33-26(29-24)31(23-9-10-23)22-6-4-3-5-7-22/h3-8,11,16,18,20,23H,9-10,12-15,17H2,1-2H3,(H2,27,28,32). The predicted octanol–water partition coefficient (Wildman–Crippen LogP) is 4.87. The number of nitrogens with one attached hydrogen (secondary N) is 2. The third-order valence-electron chi connectivity index (χ3n) is 6.66. The fourth-order valence-electron chi connectivity index (χ4n) is 4.60. The van der Waals surface area contributed by atoms with Gasteiger partial charge in [-0.15, -0.1) is 0 Å². The Bertz CT molecular complexity index is 1010. The monoisotopic (exact) mass is 447 g/mol. The third kappa shape index (κ3) is 5.14. The van der Waals surface area contributed by atoms with E-state index in [1.54, 1.807) is 0 Å². The number of hydrogen-bond acceptors (Lipinski definition) is 5. The summed E-state index contributed by atoms with van der Waals surface area (Å²) >= 11 is 0. The van der Waals surface area contributed by atoms with Crippen molar-refractivity contribution in [2.24, 2.45) is 4.99 Å². The second-order valence-electron chi connectivity index (χ2n) is 9.47. The Morgan fingerprint density at radius 1 is 1.09 bits per heavy atom. The highest BCUT2D eigenvalue weighted by molar-refractivity contribution is 5.96. The quantitative estimate of drug-likeness (QED) is 0.686. The van der Waals surface area contributed by atoms with Gasteiger partial charge in [0.25, 0.3) is 6.02 Å². The number of amides is 2. The molecule has 5 rings (SSSR count). The minimum absolute atomic E-state index is 0.150. The van der Waals surface area contributed by atoms with Gasteiger partial charge in [-0.2, -0.15) is 4.99 Å². The van der Waals surface area contributed by atoms with Gasteiger partial charge in [0, 0.05) is 48.2 Å². The lowest BCUT2D eigenvalue weighted by Crippen LogP contribution is -2.47. The lowest BCUT2D eigenvalue weighted by Gasteiger charge is -2.34. The van der Waals surface area contributed by atoms with E-state index in [0.717, 1.165) is 61.4 Å². The molecular formula is C26H33N5O2. The molecule has 2 aromatic carbocycles. The Balaban J connectivity index is 1.22. The Morgan fingerprint density at radius 3 is 2.55 bits per heavy atom. The fourth-order valence-corrected chi connectivity index (χ4v) is 4.60. The molecule has 174 valence electrons. The zero-order valence-electron chi connectivity index (χ0n) is 19.5. The van der Waals surface area contributed by atoms with Crippen molar-refractivity contribution < 1.29 is 9.53 Å². The van der Waals surface area contributed by atoms with Gasteiger partial charge in [0.2, 0.25) is 0 Å². The second-order valence-corrected chi connectivity index (χ2v) is 9.47. The van der Waals surface area contributed by atoms with Gasteiger partial charge in [0.15, 0.2) is 0 Å². The average molecular weight is 448 g/mol. The van der Waals surface area contributed by atoms with Crippen LogP contribution in [0.5, 0.6) is 0 Å². The van der Waals surface area contributed by atoms with Crippen molar-refractivity contribution in [1.29, 1.82) is 0 Å². The number of urea groups is 1. The molecular weight excluding hydrogens is 414 g/mol. The Morgan fingerprint density at radius 2 is 1.85 bits per heavy atom. The summed E-state index contributed by atoms with van der Waals surface area (Å²) < 4.78 is 6.08. The molecule has 2 aromatic rings. The average Bonchev–Trinajstić information content (AvgIpc) is 3.65. The predicted molar refractivity (Wildman–Crippen MR) is 132 cm³/mol. The van der Waals surface area contributed by atoms with Gasteiger partial charge in [-0.05, 0) is 69.9 Å². The van der Waals surface area contributed by atoms with E-state index in [1.807, 2.05) is 36.4 Å². The molecule has 33 heavy (non-hydrogen) atoms. The lowest BCUT2D eigenvalue weighted by atomic mass is 10.0. The van der Waals surface area contributed by atoms with Crippen molar-refractivity contribution in [2.45, 2.75) is 64.3 Å². The summed E-state index contributed by atoms with van der Waals surface area (Å²) in [6.45, 7) is 6.94. The van der Waals surface area contributed by atoms with Crippen LogP contribution in [0.2, 0.25) is 0 Å². The summed E-state index contributed by atoms with van der Waals surface area (Å²) in [4.78, 5) is 22.0. The first kappa shape index (κ1) is 21.8. The highest BCUT2D eigenvalue weighted by atomic mass is 16.5. The van der Waals surface area contributed by atoms with Crippen LogP contribution in [0.4, 0.5) is 21.9 Å². The minimum atomic E-state index is -0.150. The molecule has 7 nitrogen and oxygen atoms in total. The number of piperidine rings is 1. The van der Waals surface area contributed by atoms with Crippen molar-refractivity contribution in [1.82, 2.24) is 10.2 Å². The number of rotatable bonds is 5. The molecule has 0 radical (unpaired) electrons. The molecule has 0 atom stereocenters. The number of aliphatic imine (C=N–C) groups is 1. The van der Waals surface area contributed by atoms with Crippen LogP contribution < -0.4 is 15.5 Å². The minimum Gasteiger partial charge on any atom is -0.460 e. The zero-order chi connectivity index (χ0) is 22.8. The maximum atomic E-state index is 12.5. The molecule has 2 aliphatic heterocycles. The van der Waals surface area contributed by atoms with Crippen LogP contribution in [0.15, 0.2) is 53.5 Å². The molecule has 2 N–H and O–H groups in total. The SMILES string of the molecule is CC(C)N1CCC(NC(=O)Nc2ccc3c(c2)COC(N(c2ccccc2)C2CC2)=N3)CC1. The molecule has 2 amide bonds. The fraction of sp³-hybridized carbons (Fsp3) is 0.462. The van der Waals surface area contributed by atoms with Crippen molar-refractivity contribution >= 4 is 29.1 Å². The van der Waals surface area contributed by atoms with Crippen LogP contribution >= 0.6 is 0 Å². The topological polar surface area (TPSA) is 69.2 Å². The van der Waals surface area contributed by atoms with Gasteiger partial charge < -0.3 is 20.3 Å². The molecule has 0 spiro atoms. The van der Waals surface area contributed by atoms with Gasteiger partial charge in [-0.25, -0.2) is 4.79 Å². The summed E-state index contributed by atoms with van der Waals surface area (Å²) in [5.74, 6) is 0. The van der Waals surface area contributed by atoms with Gasteiger partial charge in [0.1, 0.15) is 6.61 Å². The number of hydrogen-bond donors (Lipinski definition) is 2. The van der Waals surface area contributed by atoms with Crippen molar-refractivity contribution in [3.63, 3.8) is 0 Å². The Kier molecular flexibility index (Phi) is 6.22. The largest absolute Gasteiger partial charge is 0.460 e. The molecule has 2 heterocycles. The van der Waals surface area contributed by atoms with E-state index >= 15 is 0 Å². The van der Waals surface area contributed by atoms with Crippen LogP contribution in [-0.2, 0) is 11.3 Å². The number of anilines is 2. The maximum Gasteiger partial charge on any atom is 0.319 e. The van der Waals surface area contributed by atoms with E-state index in [2.05, 4.69) is 46.4 Å². The number of carbonyl (C=O) groups excluding carboxylic acids is 1. The molecule has 0 aromatic heterocycles. The first-order chi connectivity index (χ1) is 16.1. The number of para-hydroxylation sites is 1. The Hall–Kier alpha value is -3.06. The number of likely N-dealkylation sites (tertiary alicyclic amines) is 1. The molecule has 2 fully saturated rings. The third-order valence-corrected chi connectivity index (χ3v) is 6.66. The number of benzene rings is 2. The van der Waals surface area contributed by atoms with E-state index in [4.69, 9.17) is 9.73 Å². The molecule has 1 saturated heterocycles. The van der Waals surface area contributed by atoms with E-state index in [-0.39, 0.29) is 12.1 Å². The van der Waals surface area contributed by atoms with Gasteiger partial charge in [0.05, 0.1) is 5.69 Å². The van der Waals surface area contributed by atoms with E-state index in [0.29, 0.717) is 24.7 Å². The number of ether oxygens (including phenoxy) is 1. The van der Waals surface area contributed by atoms with Crippen LogP contribution in [0, 0.1) is 0 Å². The molecule has 1 aliphatic carbocycles. The summed E-state index contributed by atoms with van der Waals surface area (Å²) in [7, 11) is 0. The normalized spacial score (nSPS) is 18.8. The molecule has 3 aliphatic rings. The van der Waals surface area contributed by atoms with Gasteiger partial charge in [-0.1, -0.05) is 18.2 Å². The molecule has 1 saturated carbocycles. The maximum absolute atomic E-state index is 12.5. The first-order valence-corrected chi connectivity index (χ1v) is 12.1. The molecule has 0 bridgehead atoms. The molecule has 7 heteroatoms. The molecule has 0 unspecified atom stereocenters. The van der Waals surface area contributed by atoms with Crippen LogP contribution in [0.25, 0.3) is 0 Å². The van der Waals surface area contributed by atoms with E-state index < -0.39 is 0 Å². The summed E-state index contributed by atoms with van der Waals surface area (Å²) in [6.07, 6.45) is 4.28. The van der Waals surface area contributed by atoms with Crippen LogP contribution in [-0.4, -0.2) is 48.2 Å². The van der Waals surface area contributed by atoms with Crippen LogP contribution in [0.1, 0.15) is 45.1 Å². The number of nitrogens with zero attached hydrogens (tertiary/aromatic N) is 3. The zero-order valence-corrected chi connectivity index (χ0v) is 19.5. The highest BCUT2D eigenvalue weighted by Crippen LogP contribution is 2.35. The smallest absolute Gasteiger partial charge is 0.319 e. The first-order valence-electron chi connectivity index (χ1n) is 12.1. The number of amidine groups is 1. The highest BCUT2D eigenvalue weighted by Gasteiger charge is 2.35. The van der Waals surface area contributed by atoms with Crippen LogP contribution in [0.3, 0.4) is 0 Å². The lowest BCUT2D eigenvalue weighted by molar-refractivity contribution is 0.163. The van der Waals surface area contributed by atoms with E-state index in [1.165, 1.54) is 0 Å². The van der Waals surface area contributed by atoms with Crippen molar-refractivity contribution in [3.8, 4) is 0 Å². The second kappa shape index (κ2) is 9.43. The van der Waals surface area contributed by atoms with Crippen molar-refractivity contribution in [2.75, 3.05) is 23.3 Å². The Labute approximate surface area is 195 Å². The van der Waals surface area contributed by atoms with Crippen molar-refractivity contribution in [3.05, 3.63) is 54.1 Å². The van der Waals surface area contributed by atoms with Gasteiger partial charge >= 0.3 is 6.03 Å². The van der Waals surface area contributed by atoms with E-state index in [9.17, 15) is 4.79 Å². The summed E-state index contributed by atoms with van der Waals surface area (Å²) in [5.41, 5.74) is 3.74. The number of carbonyl (C=O) groups is 1. The summed E-state index contributed by atoms with van der Waals surface area (Å²) in [5, 5.41) is 6.11. The number of fused-ring (bicyclic) bond motifs is 1. The summed E-state index contributed by atoms with van der Waals surface area (Å²) in [6, 6.07) is 17.9.